The van der Waals surface area contributed by atoms with Crippen LogP contribution < -0.4 is 21.3 Å². The van der Waals surface area contributed by atoms with Crippen LogP contribution in [0.3, 0.4) is 0 Å². The first-order valence-electron chi connectivity index (χ1n) is 11.3. The topological polar surface area (TPSA) is 123 Å². The van der Waals surface area contributed by atoms with Gasteiger partial charge in [-0.15, -0.1) is 0 Å². The molecule has 3 rings (SSSR count). The number of piperidine rings is 1. The van der Waals surface area contributed by atoms with Crippen LogP contribution in [-0.4, -0.2) is 60.3 Å². The van der Waals surface area contributed by atoms with Crippen LogP contribution >= 0.6 is 0 Å². The molecule has 0 spiro atoms. The Bertz CT molecular complexity index is 960. The summed E-state index contributed by atoms with van der Waals surface area (Å²) in [5, 5.41) is 19.9. The molecule has 34 heavy (non-hydrogen) atoms. The average Bonchev–Trinajstić information content (AvgIpc) is 2.82. The third-order valence-corrected chi connectivity index (χ3v) is 5.55. The van der Waals surface area contributed by atoms with Crippen molar-refractivity contribution in [3.8, 4) is 0 Å². The van der Waals surface area contributed by atoms with Gasteiger partial charge >= 0.3 is 12.1 Å². The molecule has 0 unspecified atom stereocenters. The van der Waals surface area contributed by atoms with Crippen LogP contribution in [0.1, 0.15) is 24.8 Å². The molecule has 0 aromatic heterocycles. The van der Waals surface area contributed by atoms with E-state index in [1.165, 1.54) is 24.3 Å². The lowest BCUT2D eigenvalue weighted by molar-refractivity contribution is -0.116. The zero-order chi connectivity index (χ0) is 24.3. The van der Waals surface area contributed by atoms with Crippen molar-refractivity contribution in [2.24, 2.45) is 0 Å². The Labute approximate surface area is 197 Å². The number of rotatable bonds is 9. The summed E-state index contributed by atoms with van der Waals surface area (Å²) in [6.07, 6.45) is 1.36. The van der Waals surface area contributed by atoms with E-state index < -0.39 is 6.09 Å². The quantitative estimate of drug-likeness (QED) is 0.384. The van der Waals surface area contributed by atoms with Crippen molar-refractivity contribution in [1.82, 2.24) is 15.5 Å². The van der Waals surface area contributed by atoms with Crippen molar-refractivity contribution < 1.29 is 23.9 Å². The fourth-order valence-electron chi connectivity index (χ4n) is 3.70. The second kappa shape index (κ2) is 12.4. The highest BCUT2D eigenvalue weighted by Crippen LogP contribution is 2.17. The third-order valence-electron chi connectivity index (χ3n) is 5.55. The van der Waals surface area contributed by atoms with Crippen molar-refractivity contribution in [1.29, 1.82) is 0 Å². The lowest BCUT2D eigenvalue weighted by atomic mass is 10.0. The molecule has 0 radical (unpaired) electrons. The van der Waals surface area contributed by atoms with Gasteiger partial charge in [0.2, 0.25) is 5.91 Å². The first kappa shape index (κ1) is 24.8. The number of hydrogen-bond acceptors (Lipinski definition) is 4. The van der Waals surface area contributed by atoms with Gasteiger partial charge in [0.05, 0.1) is 0 Å². The Morgan fingerprint density at radius 3 is 2.21 bits per heavy atom. The Hall–Kier alpha value is -3.82. The molecule has 1 heterocycles. The molecule has 5 N–H and O–H groups in total. The Morgan fingerprint density at radius 2 is 1.56 bits per heavy atom. The molecular weight excluding hydrogens is 441 g/mol. The second-order valence-electron chi connectivity index (χ2n) is 8.12. The van der Waals surface area contributed by atoms with Gasteiger partial charge in [-0.25, -0.2) is 14.0 Å². The van der Waals surface area contributed by atoms with Gasteiger partial charge in [-0.3, -0.25) is 4.79 Å². The van der Waals surface area contributed by atoms with Gasteiger partial charge in [0.25, 0.3) is 0 Å². The summed E-state index contributed by atoms with van der Waals surface area (Å²) in [5.74, 6) is -0.621. The number of benzene rings is 2. The smallest absolute Gasteiger partial charge is 0.404 e. The van der Waals surface area contributed by atoms with Crippen molar-refractivity contribution in [2.45, 2.75) is 31.7 Å². The molecule has 0 bridgehead atoms. The zero-order valence-corrected chi connectivity index (χ0v) is 18.9. The number of halogens is 1. The number of carbonyl (C=O) groups excluding carboxylic acids is 2. The van der Waals surface area contributed by atoms with Gasteiger partial charge < -0.3 is 31.3 Å². The van der Waals surface area contributed by atoms with Crippen molar-refractivity contribution in [2.75, 3.05) is 36.8 Å². The van der Waals surface area contributed by atoms with Crippen LogP contribution in [0.25, 0.3) is 0 Å². The highest BCUT2D eigenvalue weighted by Gasteiger charge is 2.22. The molecule has 4 amide bonds. The summed E-state index contributed by atoms with van der Waals surface area (Å²) in [4.78, 5) is 36.6. The normalized spacial score (nSPS) is 13.7. The first-order chi connectivity index (χ1) is 16.4. The zero-order valence-electron chi connectivity index (χ0n) is 18.9. The molecule has 10 heteroatoms. The van der Waals surface area contributed by atoms with Gasteiger partial charge in [0.15, 0.2) is 0 Å². The molecule has 0 aliphatic carbocycles. The van der Waals surface area contributed by atoms with Crippen molar-refractivity contribution in [3.05, 3.63) is 59.9 Å². The molecule has 0 saturated carbocycles. The summed E-state index contributed by atoms with van der Waals surface area (Å²) < 4.78 is 12.9. The van der Waals surface area contributed by atoms with E-state index in [1.54, 1.807) is 4.90 Å². The van der Waals surface area contributed by atoms with Crippen LogP contribution in [0.4, 0.5) is 25.4 Å². The fraction of sp³-hybridized carbons (Fsp3) is 0.375. The van der Waals surface area contributed by atoms with Crippen LogP contribution in [0.15, 0.2) is 48.5 Å². The molecule has 2 aromatic carbocycles. The Kier molecular flexibility index (Phi) is 9.07. The third kappa shape index (κ3) is 8.27. The number of nitrogens with one attached hydrogen (secondary N) is 4. The largest absolute Gasteiger partial charge is 0.465 e. The molecule has 1 aliphatic rings. The van der Waals surface area contributed by atoms with E-state index in [4.69, 9.17) is 5.11 Å². The molecule has 0 atom stereocenters. The number of carbonyl (C=O) groups is 3. The maximum Gasteiger partial charge on any atom is 0.404 e. The van der Waals surface area contributed by atoms with E-state index in [-0.39, 0.29) is 36.8 Å². The minimum Gasteiger partial charge on any atom is -0.465 e. The number of anilines is 2. The number of amides is 4. The molecule has 182 valence electrons. The van der Waals surface area contributed by atoms with Gasteiger partial charge in [-0.1, -0.05) is 12.1 Å². The fourth-order valence-corrected chi connectivity index (χ4v) is 3.70. The van der Waals surface area contributed by atoms with Crippen LogP contribution in [0, 0.1) is 5.82 Å². The van der Waals surface area contributed by atoms with E-state index in [0.717, 1.165) is 24.1 Å². The molecular formula is C24H30FN5O4. The number of likely N-dealkylation sites (tertiary alicyclic amines) is 1. The molecule has 1 aliphatic heterocycles. The molecule has 1 saturated heterocycles. The van der Waals surface area contributed by atoms with E-state index in [0.29, 0.717) is 31.7 Å². The summed E-state index contributed by atoms with van der Waals surface area (Å²) in [7, 11) is 0. The van der Waals surface area contributed by atoms with Crippen LogP contribution in [0.2, 0.25) is 0 Å². The lowest BCUT2D eigenvalue weighted by Gasteiger charge is -2.33. The summed E-state index contributed by atoms with van der Waals surface area (Å²) in [5.41, 5.74) is 2.55. The Morgan fingerprint density at radius 1 is 0.912 bits per heavy atom. The predicted molar refractivity (Wildman–Crippen MR) is 127 cm³/mol. The van der Waals surface area contributed by atoms with Crippen molar-refractivity contribution in [3.63, 3.8) is 0 Å². The Balaban J connectivity index is 1.31. The van der Waals surface area contributed by atoms with Gasteiger partial charge in [-0.05, 0) is 61.2 Å². The number of hydrogen-bond donors (Lipinski definition) is 5. The average molecular weight is 472 g/mol. The lowest BCUT2D eigenvalue weighted by Crippen LogP contribution is -2.47. The van der Waals surface area contributed by atoms with E-state index in [1.807, 2.05) is 24.3 Å². The molecule has 2 aromatic rings. The maximum atomic E-state index is 12.9. The SMILES string of the molecule is O=C(O)NCCc1ccc(NC2CCN(C(=O)NCCC(=O)Nc3ccc(F)cc3)CC2)cc1. The molecule has 1 fully saturated rings. The molecule has 9 nitrogen and oxygen atoms in total. The van der Waals surface area contributed by atoms with Gasteiger partial charge in [0.1, 0.15) is 5.82 Å². The van der Waals surface area contributed by atoms with Gasteiger partial charge in [-0.2, -0.15) is 0 Å². The summed E-state index contributed by atoms with van der Waals surface area (Å²) in [6, 6.07) is 13.5. The minimum atomic E-state index is -1.02. The summed E-state index contributed by atoms with van der Waals surface area (Å²) in [6.45, 7) is 1.83. The van der Waals surface area contributed by atoms with E-state index in [2.05, 4.69) is 21.3 Å². The predicted octanol–water partition coefficient (Wildman–Crippen LogP) is 3.25. The monoisotopic (exact) mass is 471 g/mol. The first-order valence-corrected chi connectivity index (χ1v) is 11.3. The highest BCUT2D eigenvalue weighted by molar-refractivity contribution is 5.91. The van der Waals surface area contributed by atoms with Crippen molar-refractivity contribution >= 4 is 29.4 Å². The minimum absolute atomic E-state index is 0.128. The number of urea groups is 1. The maximum absolute atomic E-state index is 12.9. The van der Waals surface area contributed by atoms with E-state index >= 15 is 0 Å². The van der Waals surface area contributed by atoms with Crippen LogP contribution in [0.5, 0.6) is 0 Å². The second-order valence-corrected chi connectivity index (χ2v) is 8.12. The van der Waals surface area contributed by atoms with E-state index in [9.17, 15) is 18.8 Å². The highest BCUT2D eigenvalue weighted by atomic mass is 19.1. The van der Waals surface area contributed by atoms with Crippen LogP contribution in [-0.2, 0) is 11.2 Å². The number of carboxylic acid groups (broad SMARTS) is 1. The number of nitrogens with zero attached hydrogens (tertiary/aromatic N) is 1. The van der Waals surface area contributed by atoms with Gasteiger partial charge in [0, 0.05) is 50.0 Å². The standard InChI is InChI=1S/C24H30FN5O4/c25-18-3-7-20(8-4-18)29-22(31)10-14-26-23(32)30-15-11-21(12-16-30)28-19-5-1-17(2-6-19)9-13-27-24(33)34/h1-8,21,27-28H,9-16H2,(H,26,32)(H,29,31)(H,33,34). The summed E-state index contributed by atoms with van der Waals surface area (Å²) >= 11 is 0.